The Morgan fingerprint density at radius 2 is 1.91 bits per heavy atom. The molecule has 7 heteroatoms. The molecule has 1 atom stereocenters. The van der Waals surface area contributed by atoms with Gasteiger partial charge < -0.3 is 25.0 Å². The summed E-state index contributed by atoms with van der Waals surface area (Å²) >= 11 is 0. The SMILES string of the molecule is CCOCCOCc1cccc(CNC(=NC)NC2CCN(C(=O)C3CCCCC3)C2)c1. The molecule has 178 valence electrons. The van der Waals surface area contributed by atoms with Gasteiger partial charge >= 0.3 is 0 Å². The minimum atomic E-state index is 0.246. The third-order valence-corrected chi connectivity index (χ3v) is 6.31. The highest BCUT2D eigenvalue weighted by molar-refractivity contribution is 5.81. The van der Waals surface area contributed by atoms with Gasteiger partial charge in [-0.3, -0.25) is 9.79 Å². The molecule has 7 nitrogen and oxygen atoms in total. The van der Waals surface area contributed by atoms with Crippen molar-refractivity contribution in [3.63, 3.8) is 0 Å². The highest BCUT2D eigenvalue weighted by Crippen LogP contribution is 2.26. The minimum Gasteiger partial charge on any atom is -0.379 e. The molecular weight excluding hydrogens is 404 g/mol. The highest BCUT2D eigenvalue weighted by atomic mass is 16.5. The molecule has 0 bridgehead atoms. The van der Waals surface area contributed by atoms with Crippen LogP contribution in [0.15, 0.2) is 29.3 Å². The van der Waals surface area contributed by atoms with Gasteiger partial charge in [-0.25, -0.2) is 0 Å². The molecule has 2 aliphatic rings. The fourth-order valence-electron chi connectivity index (χ4n) is 4.54. The van der Waals surface area contributed by atoms with Gasteiger partial charge in [0, 0.05) is 45.2 Å². The molecule has 0 spiro atoms. The number of aliphatic imine (C=N–C) groups is 1. The zero-order chi connectivity index (χ0) is 22.6. The highest BCUT2D eigenvalue weighted by Gasteiger charge is 2.31. The minimum absolute atomic E-state index is 0.246. The Bertz CT molecular complexity index is 734. The van der Waals surface area contributed by atoms with E-state index in [0.29, 0.717) is 32.3 Å². The first-order valence-corrected chi connectivity index (χ1v) is 12.2. The molecule has 3 rings (SSSR count). The lowest BCUT2D eigenvalue weighted by Crippen LogP contribution is -2.45. The largest absolute Gasteiger partial charge is 0.379 e. The average Bonchev–Trinajstić information content (AvgIpc) is 3.30. The molecule has 1 aliphatic carbocycles. The molecule has 1 heterocycles. The summed E-state index contributed by atoms with van der Waals surface area (Å²) in [6, 6.07) is 8.64. The van der Waals surface area contributed by atoms with E-state index in [1.165, 1.54) is 24.8 Å². The fraction of sp³-hybridized carbons (Fsp3) is 0.680. The smallest absolute Gasteiger partial charge is 0.225 e. The third kappa shape index (κ3) is 7.78. The summed E-state index contributed by atoms with van der Waals surface area (Å²) in [6.45, 7) is 6.82. The van der Waals surface area contributed by atoms with Gasteiger partial charge in [-0.1, -0.05) is 43.5 Å². The number of hydrogen-bond donors (Lipinski definition) is 2. The number of likely N-dealkylation sites (tertiary alicyclic amines) is 1. The Morgan fingerprint density at radius 1 is 1.12 bits per heavy atom. The Labute approximate surface area is 192 Å². The van der Waals surface area contributed by atoms with Gasteiger partial charge in [-0.05, 0) is 37.3 Å². The van der Waals surface area contributed by atoms with Crippen LogP contribution in [0.4, 0.5) is 0 Å². The van der Waals surface area contributed by atoms with Crippen LogP contribution in [0.3, 0.4) is 0 Å². The molecule has 2 N–H and O–H groups in total. The molecule has 1 saturated carbocycles. The first-order chi connectivity index (χ1) is 15.7. The first kappa shape index (κ1) is 24.5. The lowest BCUT2D eigenvalue weighted by Gasteiger charge is -2.26. The summed E-state index contributed by atoms with van der Waals surface area (Å²) in [5, 5.41) is 6.90. The van der Waals surface area contributed by atoms with Crippen LogP contribution in [0.2, 0.25) is 0 Å². The number of nitrogens with zero attached hydrogens (tertiary/aromatic N) is 2. The second-order valence-corrected chi connectivity index (χ2v) is 8.74. The van der Waals surface area contributed by atoms with Crippen molar-refractivity contribution in [1.82, 2.24) is 15.5 Å². The summed E-state index contributed by atoms with van der Waals surface area (Å²) in [5.74, 6) is 1.38. The standard InChI is InChI=1S/C25H40N4O3/c1-3-31-14-15-32-19-21-9-7-8-20(16-21)17-27-25(26-2)28-23-12-13-29(18-23)24(30)22-10-5-4-6-11-22/h7-9,16,22-23H,3-6,10-15,17-19H2,1-2H3,(H2,26,27,28). The van der Waals surface area contributed by atoms with Gasteiger partial charge in [0.25, 0.3) is 0 Å². The molecule has 1 amide bonds. The normalized spacial score (nSPS) is 19.9. The molecule has 2 fully saturated rings. The molecule has 1 unspecified atom stereocenters. The van der Waals surface area contributed by atoms with E-state index < -0.39 is 0 Å². The number of benzene rings is 1. The van der Waals surface area contributed by atoms with Gasteiger partial charge in [0.05, 0.1) is 19.8 Å². The molecule has 0 radical (unpaired) electrons. The van der Waals surface area contributed by atoms with E-state index in [9.17, 15) is 4.79 Å². The van der Waals surface area contributed by atoms with Gasteiger partial charge in [-0.15, -0.1) is 0 Å². The number of rotatable bonds is 10. The number of nitrogens with one attached hydrogen (secondary N) is 2. The number of hydrogen-bond acceptors (Lipinski definition) is 4. The van der Waals surface area contributed by atoms with Crippen LogP contribution in [0.1, 0.15) is 56.6 Å². The van der Waals surface area contributed by atoms with Crippen molar-refractivity contribution >= 4 is 11.9 Å². The maximum atomic E-state index is 12.8. The number of ether oxygens (including phenoxy) is 2. The van der Waals surface area contributed by atoms with Gasteiger partial charge in [0.1, 0.15) is 0 Å². The van der Waals surface area contributed by atoms with Crippen LogP contribution in [0, 0.1) is 5.92 Å². The van der Waals surface area contributed by atoms with Crippen molar-refractivity contribution in [3.8, 4) is 0 Å². The van der Waals surface area contributed by atoms with Crippen LogP contribution in [-0.4, -0.2) is 62.8 Å². The molecular formula is C25H40N4O3. The molecule has 32 heavy (non-hydrogen) atoms. The summed E-state index contributed by atoms with van der Waals surface area (Å²) in [6.07, 6.45) is 6.76. The van der Waals surface area contributed by atoms with E-state index in [-0.39, 0.29) is 12.0 Å². The predicted molar refractivity (Wildman–Crippen MR) is 127 cm³/mol. The van der Waals surface area contributed by atoms with Crippen LogP contribution in [0.25, 0.3) is 0 Å². The summed E-state index contributed by atoms with van der Waals surface area (Å²) in [4.78, 5) is 19.2. The maximum Gasteiger partial charge on any atom is 0.225 e. The van der Waals surface area contributed by atoms with Crippen molar-refractivity contribution in [3.05, 3.63) is 35.4 Å². The topological polar surface area (TPSA) is 75.2 Å². The molecule has 0 aromatic heterocycles. The average molecular weight is 445 g/mol. The number of carbonyl (C=O) groups excluding carboxylic acids is 1. The van der Waals surface area contributed by atoms with Crippen LogP contribution >= 0.6 is 0 Å². The van der Waals surface area contributed by atoms with Crippen molar-refractivity contribution in [2.24, 2.45) is 10.9 Å². The first-order valence-electron chi connectivity index (χ1n) is 12.2. The molecule has 1 saturated heterocycles. The predicted octanol–water partition coefficient (Wildman–Crippen LogP) is 3.09. The Kier molecular flexibility index (Phi) is 10.3. The lowest BCUT2D eigenvalue weighted by molar-refractivity contribution is -0.135. The van der Waals surface area contributed by atoms with E-state index >= 15 is 0 Å². The van der Waals surface area contributed by atoms with Gasteiger partial charge in [0.15, 0.2) is 5.96 Å². The fourth-order valence-corrected chi connectivity index (χ4v) is 4.54. The van der Waals surface area contributed by atoms with E-state index in [4.69, 9.17) is 9.47 Å². The Morgan fingerprint density at radius 3 is 2.69 bits per heavy atom. The number of guanidine groups is 1. The van der Waals surface area contributed by atoms with Crippen molar-refractivity contribution in [2.45, 2.75) is 64.6 Å². The van der Waals surface area contributed by atoms with Crippen LogP contribution < -0.4 is 10.6 Å². The summed E-state index contributed by atoms with van der Waals surface area (Å²) in [5.41, 5.74) is 2.33. The number of carbonyl (C=O) groups is 1. The van der Waals surface area contributed by atoms with Crippen molar-refractivity contribution in [2.75, 3.05) is 40.0 Å². The Balaban J connectivity index is 1.40. The second-order valence-electron chi connectivity index (χ2n) is 8.74. The molecule has 1 aromatic carbocycles. The van der Waals surface area contributed by atoms with Crippen molar-refractivity contribution in [1.29, 1.82) is 0 Å². The van der Waals surface area contributed by atoms with Crippen LogP contribution in [-0.2, 0) is 27.4 Å². The molecule has 1 aliphatic heterocycles. The van der Waals surface area contributed by atoms with E-state index in [1.807, 2.05) is 6.92 Å². The van der Waals surface area contributed by atoms with Crippen molar-refractivity contribution < 1.29 is 14.3 Å². The van der Waals surface area contributed by atoms with Crippen LogP contribution in [0.5, 0.6) is 0 Å². The van der Waals surface area contributed by atoms with Gasteiger partial charge in [-0.2, -0.15) is 0 Å². The zero-order valence-electron chi connectivity index (χ0n) is 19.8. The quantitative estimate of drug-likeness (QED) is 0.330. The summed E-state index contributed by atoms with van der Waals surface area (Å²) in [7, 11) is 1.79. The number of amides is 1. The monoisotopic (exact) mass is 444 g/mol. The van der Waals surface area contributed by atoms with Gasteiger partial charge in [0.2, 0.25) is 5.91 Å². The Hall–Kier alpha value is -2.12. The maximum absolute atomic E-state index is 12.8. The zero-order valence-corrected chi connectivity index (χ0v) is 19.8. The second kappa shape index (κ2) is 13.4. The lowest BCUT2D eigenvalue weighted by atomic mass is 9.88. The van der Waals surface area contributed by atoms with E-state index in [1.54, 1.807) is 7.05 Å². The summed E-state index contributed by atoms with van der Waals surface area (Å²) < 4.78 is 11.0. The molecule has 1 aromatic rings. The third-order valence-electron chi connectivity index (χ3n) is 6.31. The van der Waals surface area contributed by atoms with E-state index in [2.05, 4.69) is 44.8 Å². The van der Waals surface area contributed by atoms with E-state index in [0.717, 1.165) is 50.5 Å².